The largest absolute Gasteiger partial charge is 0.480 e. The average molecular weight is 398 g/mol. The standard InChI is InChI=1S/C21H20ClN3O3/c1-27-19-16(7-4-10-23-19)21(26)25-11-5-9-18(25)20-24-13-15(28-20)12-14-6-2-3-8-17(14)22/h2-4,6-8,10,13,18H,5,9,11-12H2,1H3/t18-/m0/s1. The highest BCUT2D eigenvalue weighted by Gasteiger charge is 2.35. The maximum Gasteiger partial charge on any atom is 0.260 e. The van der Waals surface area contributed by atoms with E-state index >= 15 is 0 Å². The molecule has 0 radical (unpaired) electrons. The predicted molar refractivity (Wildman–Crippen MR) is 105 cm³/mol. The monoisotopic (exact) mass is 397 g/mol. The zero-order valence-electron chi connectivity index (χ0n) is 15.5. The molecule has 1 aliphatic heterocycles. The first-order valence-electron chi connectivity index (χ1n) is 9.15. The molecule has 1 atom stereocenters. The summed E-state index contributed by atoms with van der Waals surface area (Å²) in [7, 11) is 1.51. The van der Waals surface area contributed by atoms with Crippen LogP contribution >= 0.6 is 11.6 Å². The molecule has 3 heterocycles. The van der Waals surface area contributed by atoms with E-state index in [-0.39, 0.29) is 11.9 Å². The minimum Gasteiger partial charge on any atom is -0.480 e. The van der Waals surface area contributed by atoms with Gasteiger partial charge in [0.1, 0.15) is 17.4 Å². The van der Waals surface area contributed by atoms with Crippen molar-refractivity contribution in [1.82, 2.24) is 14.9 Å². The zero-order chi connectivity index (χ0) is 19.5. The summed E-state index contributed by atoms with van der Waals surface area (Å²) in [6.07, 6.45) is 5.57. The number of methoxy groups -OCH3 is 1. The maximum absolute atomic E-state index is 13.1. The molecular formula is C21H20ClN3O3. The van der Waals surface area contributed by atoms with Crippen molar-refractivity contribution in [3.63, 3.8) is 0 Å². The van der Waals surface area contributed by atoms with Crippen LogP contribution in [-0.4, -0.2) is 34.4 Å². The Morgan fingerprint density at radius 2 is 2.14 bits per heavy atom. The van der Waals surface area contributed by atoms with Gasteiger partial charge in [0.15, 0.2) is 0 Å². The van der Waals surface area contributed by atoms with Crippen LogP contribution in [0, 0.1) is 0 Å². The van der Waals surface area contributed by atoms with Gasteiger partial charge in [-0.25, -0.2) is 9.97 Å². The van der Waals surface area contributed by atoms with E-state index in [0.29, 0.717) is 35.3 Å². The number of aromatic nitrogens is 2. The van der Waals surface area contributed by atoms with Gasteiger partial charge in [0.05, 0.1) is 13.3 Å². The first-order chi connectivity index (χ1) is 13.7. The Hall–Kier alpha value is -2.86. The lowest BCUT2D eigenvalue weighted by Crippen LogP contribution is -2.31. The number of oxazole rings is 1. The summed E-state index contributed by atoms with van der Waals surface area (Å²) in [5.41, 5.74) is 1.42. The van der Waals surface area contributed by atoms with E-state index in [1.807, 2.05) is 24.3 Å². The molecule has 0 aliphatic carbocycles. The summed E-state index contributed by atoms with van der Waals surface area (Å²) in [4.78, 5) is 23.4. The van der Waals surface area contributed by atoms with Gasteiger partial charge in [0, 0.05) is 24.2 Å². The number of amides is 1. The van der Waals surface area contributed by atoms with Gasteiger partial charge in [-0.1, -0.05) is 29.8 Å². The van der Waals surface area contributed by atoms with Gasteiger partial charge < -0.3 is 14.1 Å². The fourth-order valence-electron chi connectivity index (χ4n) is 3.53. The van der Waals surface area contributed by atoms with Gasteiger partial charge in [-0.15, -0.1) is 0 Å². The van der Waals surface area contributed by atoms with Crippen molar-refractivity contribution in [2.24, 2.45) is 0 Å². The van der Waals surface area contributed by atoms with E-state index in [9.17, 15) is 4.79 Å². The van der Waals surface area contributed by atoms with Crippen molar-refractivity contribution < 1.29 is 13.9 Å². The Morgan fingerprint density at radius 3 is 2.96 bits per heavy atom. The smallest absolute Gasteiger partial charge is 0.260 e. The van der Waals surface area contributed by atoms with Gasteiger partial charge in [0.25, 0.3) is 5.91 Å². The van der Waals surface area contributed by atoms with Gasteiger partial charge in [-0.2, -0.15) is 0 Å². The van der Waals surface area contributed by atoms with Gasteiger partial charge in [-0.05, 0) is 36.6 Å². The Labute approximate surface area is 168 Å². The minimum absolute atomic E-state index is 0.127. The number of rotatable bonds is 5. The third-order valence-electron chi connectivity index (χ3n) is 4.89. The second kappa shape index (κ2) is 8.02. The van der Waals surface area contributed by atoms with Gasteiger partial charge in [-0.3, -0.25) is 4.79 Å². The van der Waals surface area contributed by atoms with E-state index < -0.39 is 0 Å². The molecule has 0 bridgehead atoms. The Balaban J connectivity index is 1.55. The first-order valence-corrected chi connectivity index (χ1v) is 9.53. The van der Waals surface area contributed by atoms with E-state index in [1.165, 1.54) is 7.11 Å². The number of carbonyl (C=O) groups excluding carboxylic acids is 1. The molecule has 1 saturated heterocycles. The fourth-order valence-corrected chi connectivity index (χ4v) is 3.73. The van der Waals surface area contributed by atoms with Crippen LogP contribution < -0.4 is 4.74 Å². The summed E-state index contributed by atoms with van der Waals surface area (Å²) in [6, 6.07) is 10.9. The summed E-state index contributed by atoms with van der Waals surface area (Å²) >= 11 is 6.24. The van der Waals surface area contributed by atoms with Crippen molar-refractivity contribution in [2.75, 3.05) is 13.7 Å². The molecule has 0 unspecified atom stereocenters. The lowest BCUT2D eigenvalue weighted by molar-refractivity contribution is 0.0710. The molecule has 144 valence electrons. The Bertz CT molecular complexity index is 988. The summed E-state index contributed by atoms with van der Waals surface area (Å²) < 4.78 is 11.2. The number of benzene rings is 1. The van der Waals surface area contributed by atoms with Crippen LogP contribution in [-0.2, 0) is 6.42 Å². The molecular weight excluding hydrogens is 378 g/mol. The number of carbonyl (C=O) groups is 1. The molecule has 28 heavy (non-hydrogen) atoms. The van der Waals surface area contributed by atoms with Gasteiger partial charge in [0.2, 0.25) is 11.8 Å². The third-order valence-corrected chi connectivity index (χ3v) is 5.26. The van der Waals surface area contributed by atoms with Crippen LogP contribution in [0.3, 0.4) is 0 Å². The summed E-state index contributed by atoms with van der Waals surface area (Å²) in [6.45, 7) is 0.643. The number of likely N-dealkylation sites (tertiary alicyclic amines) is 1. The van der Waals surface area contributed by atoms with Crippen LogP contribution in [0.15, 0.2) is 53.2 Å². The number of halogens is 1. The van der Waals surface area contributed by atoms with E-state index in [0.717, 1.165) is 24.2 Å². The molecule has 2 aromatic heterocycles. The molecule has 6 nitrogen and oxygen atoms in total. The molecule has 1 amide bonds. The second-order valence-corrected chi connectivity index (χ2v) is 7.06. The third kappa shape index (κ3) is 3.60. The second-order valence-electron chi connectivity index (χ2n) is 6.65. The fraction of sp³-hybridized carbons (Fsp3) is 0.286. The van der Waals surface area contributed by atoms with Crippen LogP contribution in [0.4, 0.5) is 0 Å². The highest BCUT2D eigenvalue weighted by molar-refractivity contribution is 6.31. The quantitative estimate of drug-likeness (QED) is 0.642. The lowest BCUT2D eigenvalue weighted by atomic mass is 10.1. The number of nitrogens with zero attached hydrogens (tertiary/aromatic N) is 3. The molecule has 1 aromatic carbocycles. The predicted octanol–water partition coefficient (Wildman–Crippen LogP) is 4.30. The molecule has 0 saturated carbocycles. The van der Waals surface area contributed by atoms with Crippen molar-refractivity contribution in [1.29, 1.82) is 0 Å². The molecule has 1 aliphatic rings. The highest BCUT2D eigenvalue weighted by atomic mass is 35.5. The van der Waals surface area contributed by atoms with E-state index in [1.54, 1.807) is 29.4 Å². The number of hydrogen-bond acceptors (Lipinski definition) is 5. The lowest BCUT2D eigenvalue weighted by Gasteiger charge is -2.22. The SMILES string of the molecule is COc1ncccc1C(=O)N1CCC[C@H]1c1ncc(Cc2ccccc2Cl)o1. The van der Waals surface area contributed by atoms with Crippen LogP contribution in [0.25, 0.3) is 0 Å². The molecule has 0 spiro atoms. The van der Waals surface area contributed by atoms with Gasteiger partial charge >= 0.3 is 0 Å². The maximum atomic E-state index is 13.1. The van der Waals surface area contributed by atoms with E-state index in [2.05, 4.69) is 9.97 Å². The van der Waals surface area contributed by atoms with E-state index in [4.69, 9.17) is 20.8 Å². The summed E-state index contributed by atoms with van der Waals surface area (Å²) in [5.74, 6) is 1.47. The zero-order valence-corrected chi connectivity index (χ0v) is 16.2. The topological polar surface area (TPSA) is 68.5 Å². The highest BCUT2D eigenvalue weighted by Crippen LogP contribution is 2.34. The van der Waals surface area contributed by atoms with Crippen LogP contribution in [0.5, 0.6) is 5.88 Å². The normalized spacial score (nSPS) is 16.4. The molecule has 4 rings (SSSR count). The van der Waals surface area contributed by atoms with Crippen molar-refractivity contribution in [3.8, 4) is 5.88 Å². The van der Waals surface area contributed by atoms with Crippen LogP contribution in [0.1, 0.15) is 46.5 Å². The minimum atomic E-state index is -0.197. The van der Waals surface area contributed by atoms with Crippen LogP contribution in [0.2, 0.25) is 5.02 Å². The van der Waals surface area contributed by atoms with Crippen molar-refractivity contribution in [2.45, 2.75) is 25.3 Å². The number of hydrogen-bond donors (Lipinski definition) is 0. The Morgan fingerprint density at radius 1 is 1.29 bits per heavy atom. The molecule has 3 aromatic rings. The molecule has 7 heteroatoms. The summed E-state index contributed by atoms with van der Waals surface area (Å²) in [5, 5.41) is 0.696. The van der Waals surface area contributed by atoms with Crippen molar-refractivity contribution in [3.05, 3.63) is 76.6 Å². The first kappa shape index (κ1) is 18.5. The molecule has 1 fully saturated rings. The average Bonchev–Trinajstić information content (AvgIpc) is 3.38. The van der Waals surface area contributed by atoms with Crippen molar-refractivity contribution >= 4 is 17.5 Å². The number of pyridine rings is 1. The molecule has 0 N–H and O–H groups in total. The Kier molecular flexibility index (Phi) is 5.30. The number of ether oxygens (including phenoxy) is 1.